The van der Waals surface area contributed by atoms with Crippen molar-refractivity contribution in [2.24, 2.45) is 22.4 Å². The van der Waals surface area contributed by atoms with E-state index in [0.717, 1.165) is 15.7 Å². The summed E-state index contributed by atoms with van der Waals surface area (Å²) in [6, 6.07) is 7.94. The number of halogens is 1. The molecule has 0 spiro atoms. The Morgan fingerprint density at radius 2 is 2.05 bits per heavy atom. The van der Waals surface area contributed by atoms with E-state index in [1.165, 1.54) is 25.7 Å². The topological polar surface area (TPSA) is 41.5 Å². The van der Waals surface area contributed by atoms with E-state index in [9.17, 15) is 4.79 Å². The normalized spacial score (nSPS) is 31.5. The molecule has 3 nitrogen and oxygen atoms in total. The summed E-state index contributed by atoms with van der Waals surface area (Å²) in [4.78, 5) is 12.3. The van der Waals surface area contributed by atoms with Gasteiger partial charge in [0, 0.05) is 10.4 Å². The third-order valence-electron chi connectivity index (χ3n) is 5.21. The summed E-state index contributed by atoms with van der Waals surface area (Å²) in [5, 5.41) is 4.28. The fourth-order valence-corrected chi connectivity index (χ4v) is 4.08. The lowest BCUT2D eigenvalue weighted by atomic mass is 9.90. The summed E-state index contributed by atoms with van der Waals surface area (Å²) in [6.45, 7) is 4.18. The van der Waals surface area contributed by atoms with Gasteiger partial charge in [-0.2, -0.15) is 5.10 Å². The molecule has 0 aliphatic heterocycles. The van der Waals surface area contributed by atoms with Gasteiger partial charge in [0.2, 0.25) is 5.91 Å². The number of nitrogens with zero attached hydrogens (tertiary/aromatic N) is 1. The Morgan fingerprint density at radius 3 is 2.67 bits per heavy atom. The van der Waals surface area contributed by atoms with Crippen molar-refractivity contribution in [1.82, 2.24) is 5.43 Å². The van der Waals surface area contributed by atoms with Crippen LogP contribution in [0.15, 0.2) is 33.8 Å². The molecule has 112 valence electrons. The highest BCUT2D eigenvalue weighted by molar-refractivity contribution is 9.10. The highest BCUT2D eigenvalue weighted by atomic mass is 79.9. The van der Waals surface area contributed by atoms with Crippen molar-refractivity contribution in [2.45, 2.75) is 39.5 Å². The molecule has 2 aliphatic rings. The summed E-state index contributed by atoms with van der Waals surface area (Å²) < 4.78 is 1.04. The average Bonchev–Trinajstić information content (AvgIpc) is 3.11. The Bertz CT molecular complexity index is 581. The smallest absolute Gasteiger partial charge is 0.244 e. The predicted octanol–water partition coefficient (Wildman–Crippen LogP) is 4.12. The van der Waals surface area contributed by atoms with Crippen molar-refractivity contribution in [3.05, 3.63) is 34.3 Å². The predicted molar refractivity (Wildman–Crippen MR) is 88.1 cm³/mol. The molecule has 2 fully saturated rings. The summed E-state index contributed by atoms with van der Waals surface area (Å²) in [5.41, 5.74) is 4.88. The third-order valence-corrected chi connectivity index (χ3v) is 5.74. The van der Waals surface area contributed by atoms with Gasteiger partial charge in [0.15, 0.2) is 0 Å². The monoisotopic (exact) mass is 348 g/mol. The Labute approximate surface area is 134 Å². The quantitative estimate of drug-likeness (QED) is 0.647. The Balaban J connectivity index is 1.63. The van der Waals surface area contributed by atoms with Crippen LogP contribution in [0.1, 0.15) is 45.1 Å². The van der Waals surface area contributed by atoms with Crippen molar-refractivity contribution in [3.63, 3.8) is 0 Å². The largest absolute Gasteiger partial charge is 0.273 e. The second-order valence-corrected chi connectivity index (χ2v) is 7.43. The molecule has 0 aromatic heterocycles. The van der Waals surface area contributed by atoms with Gasteiger partial charge in [0.25, 0.3) is 0 Å². The van der Waals surface area contributed by atoms with Crippen molar-refractivity contribution in [2.75, 3.05) is 0 Å². The molecule has 0 heterocycles. The van der Waals surface area contributed by atoms with E-state index in [2.05, 4.69) is 33.4 Å². The highest BCUT2D eigenvalue weighted by Crippen LogP contribution is 2.66. The molecule has 1 aromatic carbocycles. The second-order valence-electron chi connectivity index (χ2n) is 6.52. The first-order valence-corrected chi connectivity index (χ1v) is 8.42. The summed E-state index contributed by atoms with van der Waals surface area (Å²) >= 11 is 3.42. The lowest BCUT2D eigenvalue weighted by molar-refractivity contribution is -0.123. The van der Waals surface area contributed by atoms with Crippen LogP contribution in [0.25, 0.3) is 0 Å². The maximum Gasteiger partial charge on any atom is 0.244 e. The van der Waals surface area contributed by atoms with E-state index in [1.54, 1.807) is 0 Å². The second kappa shape index (κ2) is 5.56. The first-order chi connectivity index (χ1) is 10.0. The van der Waals surface area contributed by atoms with Crippen LogP contribution in [-0.4, -0.2) is 11.6 Å². The molecule has 1 N–H and O–H groups in total. The molecule has 0 radical (unpaired) electrons. The molecule has 2 saturated carbocycles. The van der Waals surface area contributed by atoms with Crippen LogP contribution in [0.4, 0.5) is 0 Å². The molecule has 4 heteroatoms. The molecule has 3 atom stereocenters. The number of carbonyl (C=O) groups excluding carboxylic acids is 1. The lowest BCUT2D eigenvalue weighted by Crippen LogP contribution is -2.23. The number of hydrazone groups is 1. The zero-order chi connectivity index (χ0) is 15.0. The number of hydrogen-bond acceptors (Lipinski definition) is 2. The zero-order valence-corrected chi connectivity index (χ0v) is 14.1. The molecule has 3 rings (SSSR count). The Morgan fingerprint density at radius 1 is 1.33 bits per heavy atom. The number of amides is 1. The highest BCUT2D eigenvalue weighted by Gasteiger charge is 2.64. The summed E-state index contributed by atoms with van der Waals surface area (Å²) in [5.74, 6) is 0.844. The minimum atomic E-state index is 0.0980. The van der Waals surface area contributed by atoms with E-state index in [1.807, 2.05) is 31.2 Å². The van der Waals surface area contributed by atoms with Crippen molar-refractivity contribution < 1.29 is 4.79 Å². The van der Waals surface area contributed by atoms with Gasteiger partial charge < -0.3 is 0 Å². The van der Waals surface area contributed by atoms with E-state index < -0.39 is 0 Å². The van der Waals surface area contributed by atoms with Gasteiger partial charge in [-0.25, -0.2) is 5.43 Å². The average molecular weight is 349 g/mol. The Kier molecular flexibility index (Phi) is 3.91. The Hall–Kier alpha value is -1.16. The van der Waals surface area contributed by atoms with Gasteiger partial charge in [-0.3, -0.25) is 4.79 Å². The molecule has 2 aliphatic carbocycles. The molecule has 21 heavy (non-hydrogen) atoms. The van der Waals surface area contributed by atoms with Crippen molar-refractivity contribution >= 4 is 27.5 Å². The van der Waals surface area contributed by atoms with Crippen LogP contribution in [0.2, 0.25) is 0 Å². The SMILES string of the molecule is C/C(=N\NC(=O)C1C2CCCCC21C)c1ccc(Br)cc1. The molecule has 0 bridgehead atoms. The summed E-state index contributed by atoms with van der Waals surface area (Å²) in [7, 11) is 0. The van der Waals surface area contributed by atoms with E-state index >= 15 is 0 Å². The fraction of sp³-hybridized carbons (Fsp3) is 0.529. The maximum absolute atomic E-state index is 12.3. The lowest BCUT2D eigenvalue weighted by Gasteiger charge is -2.15. The standard InChI is InChI=1S/C17H21BrN2O/c1-11(12-6-8-13(18)9-7-12)19-20-16(21)15-14-5-3-4-10-17(14,15)2/h6-9,14-15H,3-5,10H2,1-2H3,(H,20,21)/b19-11+. The minimum Gasteiger partial charge on any atom is -0.273 e. The first kappa shape index (κ1) is 14.8. The number of benzene rings is 1. The van der Waals surface area contributed by atoms with Crippen LogP contribution in [0, 0.1) is 17.3 Å². The van der Waals surface area contributed by atoms with Crippen LogP contribution in [0.3, 0.4) is 0 Å². The zero-order valence-electron chi connectivity index (χ0n) is 12.5. The number of hydrogen-bond donors (Lipinski definition) is 1. The number of rotatable bonds is 3. The van der Waals surface area contributed by atoms with Crippen LogP contribution >= 0.6 is 15.9 Å². The molecular formula is C17H21BrN2O. The van der Waals surface area contributed by atoms with Gasteiger partial charge in [0.05, 0.1) is 5.71 Å². The van der Waals surface area contributed by atoms with Crippen LogP contribution in [0.5, 0.6) is 0 Å². The minimum absolute atomic E-state index is 0.0980. The first-order valence-electron chi connectivity index (χ1n) is 7.62. The summed E-state index contributed by atoms with van der Waals surface area (Å²) in [6.07, 6.45) is 4.92. The van der Waals surface area contributed by atoms with Crippen LogP contribution in [-0.2, 0) is 4.79 Å². The van der Waals surface area contributed by atoms with Gasteiger partial charge in [-0.15, -0.1) is 0 Å². The van der Waals surface area contributed by atoms with Crippen molar-refractivity contribution in [3.8, 4) is 0 Å². The number of nitrogens with one attached hydrogen (secondary N) is 1. The number of carbonyl (C=O) groups is 1. The maximum atomic E-state index is 12.3. The number of fused-ring (bicyclic) bond motifs is 1. The van der Waals surface area contributed by atoms with Gasteiger partial charge in [-0.1, -0.05) is 47.8 Å². The fourth-order valence-electron chi connectivity index (χ4n) is 3.81. The molecule has 1 aromatic rings. The van der Waals surface area contributed by atoms with Crippen LogP contribution < -0.4 is 5.43 Å². The van der Waals surface area contributed by atoms with E-state index in [4.69, 9.17) is 0 Å². The van der Waals surface area contributed by atoms with Gasteiger partial charge in [0.1, 0.15) is 0 Å². The van der Waals surface area contributed by atoms with E-state index in [-0.39, 0.29) is 17.2 Å². The van der Waals surface area contributed by atoms with E-state index in [0.29, 0.717) is 5.92 Å². The third kappa shape index (κ3) is 2.78. The van der Waals surface area contributed by atoms with Crippen molar-refractivity contribution in [1.29, 1.82) is 0 Å². The van der Waals surface area contributed by atoms with Gasteiger partial charge in [-0.05, 0) is 48.8 Å². The molecule has 3 unspecified atom stereocenters. The van der Waals surface area contributed by atoms with Gasteiger partial charge >= 0.3 is 0 Å². The molecule has 1 amide bonds. The molecular weight excluding hydrogens is 328 g/mol. The molecule has 0 saturated heterocycles.